The van der Waals surface area contributed by atoms with Gasteiger partial charge in [0.05, 0.1) is 7.11 Å². The molecule has 1 unspecified atom stereocenters. The summed E-state index contributed by atoms with van der Waals surface area (Å²) in [4.78, 5) is 2.47. The highest BCUT2D eigenvalue weighted by Gasteiger charge is 2.25. The maximum absolute atomic E-state index is 6.03. The average molecular weight is 288 g/mol. The van der Waals surface area contributed by atoms with E-state index < -0.39 is 0 Å². The van der Waals surface area contributed by atoms with Gasteiger partial charge in [-0.15, -0.1) is 0 Å². The standard InChI is InChI=1S/C18H28N2O/c1-18(2,3)15-9-11-20(12-10-15)17(13-19)14-5-7-16(21-4)8-6-14/h5-9,17H,10-13,19H2,1-4H3. The van der Waals surface area contributed by atoms with Crippen LogP contribution in [0.15, 0.2) is 35.9 Å². The Morgan fingerprint density at radius 1 is 1.24 bits per heavy atom. The number of nitrogens with two attached hydrogens (primary N) is 1. The summed E-state index contributed by atoms with van der Waals surface area (Å²) in [5.41, 5.74) is 9.14. The molecule has 1 aromatic carbocycles. The predicted octanol–water partition coefficient (Wildman–Crippen LogP) is 3.37. The zero-order valence-electron chi connectivity index (χ0n) is 13.7. The first kappa shape index (κ1) is 16.1. The molecular formula is C18H28N2O. The molecule has 0 aliphatic carbocycles. The van der Waals surface area contributed by atoms with Crippen LogP contribution in [0.1, 0.15) is 38.8 Å². The highest BCUT2D eigenvalue weighted by molar-refractivity contribution is 5.30. The molecule has 2 rings (SSSR count). The number of benzene rings is 1. The molecule has 0 spiro atoms. The fourth-order valence-electron chi connectivity index (χ4n) is 2.97. The first-order valence-corrected chi connectivity index (χ1v) is 7.73. The fraction of sp³-hybridized carbons (Fsp3) is 0.556. The second kappa shape index (κ2) is 6.63. The van der Waals surface area contributed by atoms with Gasteiger partial charge < -0.3 is 10.5 Å². The Hall–Kier alpha value is -1.32. The third kappa shape index (κ3) is 3.86. The van der Waals surface area contributed by atoms with Crippen LogP contribution in [-0.4, -0.2) is 31.6 Å². The summed E-state index contributed by atoms with van der Waals surface area (Å²) in [6.45, 7) is 9.58. The van der Waals surface area contributed by atoms with Crippen LogP contribution in [0, 0.1) is 5.41 Å². The van der Waals surface area contributed by atoms with E-state index in [9.17, 15) is 0 Å². The number of hydrogen-bond acceptors (Lipinski definition) is 3. The Labute approximate surface area is 128 Å². The van der Waals surface area contributed by atoms with Gasteiger partial charge in [-0.2, -0.15) is 0 Å². The molecule has 1 aliphatic heterocycles. The van der Waals surface area contributed by atoms with Gasteiger partial charge in [0.2, 0.25) is 0 Å². The third-order valence-electron chi connectivity index (χ3n) is 4.37. The van der Waals surface area contributed by atoms with Crippen molar-refractivity contribution in [3.63, 3.8) is 0 Å². The zero-order valence-corrected chi connectivity index (χ0v) is 13.7. The molecule has 1 aliphatic rings. The molecule has 0 fully saturated rings. The SMILES string of the molecule is COc1ccc(C(CN)N2CC=C(C(C)(C)C)CC2)cc1. The Balaban J connectivity index is 2.10. The average Bonchev–Trinajstić information content (AvgIpc) is 2.48. The summed E-state index contributed by atoms with van der Waals surface area (Å²) in [6.07, 6.45) is 3.52. The van der Waals surface area contributed by atoms with E-state index in [0.29, 0.717) is 6.54 Å². The number of methoxy groups -OCH3 is 1. The number of nitrogens with zero attached hydrogens (tertiary/aromatic N) is 1. The van der Waals surface area contributed by atoms with Gasteiger partial charge in [0.25, 0.3) is 0 Å². The van der Waals surface area contributed by atoms with Crippen molar-refractivity contribution in [1.82, 2.24) is 4.90 Å². The van der Waals surface area contributed by atoms with E-state index in [-0.39, 0.29) is 11.5 Å². The molecular weight excluding hydrogens is 260 g/mol. The van der Waals surface area contributed by atoms with Crippen molar-refractivity contribution in [2.24, 2.45) is 11.1 Å². The molecule has 0 bridgehead atoms. The van der Waals surface area contributed by atoms with Crippen LogP contribution >= 0.6 is 0 Å². The summed E-state index contributed by atoms with van der Waals surface area (Å²) in [5.74, 6) is 0.892. The molecule has 3 nitrogen and oxygen atoms in total. The number of hydrogen-bond donors (Lipinski definition) is 1. The van der Waals surface area contributed by atoms with Crippen LogP contribution in [0.2, 0.25) is 0 Å². The van der Waals surface area contributed by atoms with Crippen molar-refractivity contribution in [1.29, 1.82) is 0 Å². The van der Waals surface area contributed by atoms with Crippen LogP contribution in [0.4, 0.5) is 0 Å². The van der Waals surface area contributed by atoms with Gasteiger partial charge in [-0.05, 0) is 29.5 Å². The normalized spacial score (nSPS) is 18.2. The van der Waals surface area contributed by atoms with Crippen LogP contribution in [0.3, 0.4) is 0 Å². The van der Waals surface area contributed by atoms with Crippen LogP contribution < -0.4 is 10.5 Å². The maximum atomic E-state index is 6.03. The number of ether oxygens (including phenoxy) is 1. The van der Waals surface area contributed by atoms with Gasteiger partial charge in [0, 0.05) is 25.7 Å². The lowest BCUT2D eigenvalue weighted by molar-refractivity contribution is 0.209. The zero-order chi connectivity index (χ0) is 15.5. The molecule has 1 aromatic rings. The summed E-state index contributed by atoms with van der Waals surface area (Å²) >= 11 is 0. The van der Waals surface area contributed by atoms with Crippen LogP contribution in [0.5, 0.6) is 5.75 Å². The molecule has 0 aromatic heterocycles. The summed E-state index contributed by atoms with van der Waals surface area (Å²) in [5, 5.41) is 0. The first-order chi connectivity index (χ1) is 9.95. The van der Waals surface area contributed by atoms with E-state index in [1.807, 2.05) is 12.1 Å². The molecule has 0 saturated heterocycles. The Kier molecular flexibility index (Phi) is 5.07. The molecule has 116 valence electrons. The van der Waals surface area contributed by atoms with Crippen molar-refractivity contribution >= 4 is 0 Å². The van der Waals surface area contributed by atoms with E-state index in [1.54, 1.807) is 12.7 Å². The third-order valence-corrected chi connectivity index (χ3v) is 4.37. The fourth-order valence-corrected chi connectivity index (χ4v) is 2.97. The van der Waals surface area contributed by atoms with Gasteiger partial charge >= 0.3 is 0 Å². The lowest BCUT2D eigenvalue weighted by atomic mass is 9.82. The molecule has 1 atom stereocenters. The van der Waals surface area contributed by atoms with Crippen molar-refractivity contribution in [2.45, 2.75) is 33.2 Å². The Bertz CT molecular complexity index is 485. The number of rotatable bonds is 4. The minimum Gasteiger partial charge on any atom is -0.497 e. The second-order valence-electron chi connectivity index (χ2n) is 6.75. The van der Waals surface area contributed by atoms with Gasteiger partial charge in [0.1, 0.15) is 5.75 Å². The topological polar surface area (TPSA) is 38.5 Å². The molecule has 3 heteroatoms. The summed E-state index contributed by atoms with van der Waals surface area (Å²) in [6, 6.07) is 8.56. The van der Waals surface area contributed by atoms with Crippen LogP contribution in [0.25, 0.3) is 0 Å². The molecule has 0 radical (unpaired) electrons. The highest BCUT2D eigenvalue weighted by Crippen LogP contribution is 2.32. The van der Waals surface area contributed by atoms with E-state index >= 15 is 0 Å². The second-order valence-corrected chi connectivity index (χ2v) is 6.75. The van der Waals surface area contributed by atoms with Crippen molar-refractivity contribution < 1.29 is 4.74 Å². The van der Waals surface area contributed by atoms with Gasteiger partial charge in [-0.1, -0.05) is 44.6 Å². The Morgan fingerprint density at radius 2 is 1.90 bits per heavy atom. The lowest BCUT2D eigenvalue weighted by Crippen LogP contribution is -2.38. The monoisotopic (exact) mass is 288 g/mol. The van der Waals surface area contributed by atoms with Gasteiger partial charge in [-0.25, -0.2) is 0 Å². The molecule has 0 saturated carbocycles. The minimum atomic E-state index is 0.282. The molecule has 2 N–H and O–H groups in total. The Morgan fingerprint density at radius 3 is 2.33 bits per heavy atom. The van der Waals surface area contributed by atoms with Gasteiger partial charge in [0.15, 0.2) is 0 Å². The minimum absolute atomic E-state index is 0.282. The first-order valence-electron chi connectivity index (χ1n) is 7.73. The smallest absolute Gasteiger partial charge is 0.118 e. The van der Waals surface area contributed by atoms with E-state index in [0.717, 1.165) is 25.3 Å². The highest BCUT2D eigenvalue weighted by atomic mass is 16.5. The van der Waals surface area contributed by atoms with E-state index in [2.05, 4.69) is 43.9 Å². The van der Waals surface area contributed by atoms with Gasteiger partial charge in [-0.3, -0.25) is 4.90 Å². The summed E-state index contributed by atoms with van der Waals surface area (Å²) in [7, 11) is 1.69. The quantitative estimate of drug-likeness (QED) is 0.863. The van der Waals surface area contributed by atoms with Crippen molar-refractivity contribution in [3.05, 3.63) is 41.5 Å². The van der Waals surface area contributed by atoms with Crippen molar-refractivity contribution in [2.75, 3.05) is 26.7 Å². The largest absolute Gasteiger partial charge is 0.497 e. The maximum Gasteiger partial charge on any atom is 0.118 e. The lowest BCUT2D eigenvalue weighted by Gasteiger charge is -2.36. The molecule has 0 amide bonds. The van der Waals surface area contributed by atoms with E-state index in [4.69, 9.17) is 10.5 Å². The molecule has 21 heavy (non-hydrogen) atoms. The summed E-state index contributed by atoms with van der Waals surface area (Å²) < 4.78 is 5.23. The van der Waals surface area contributed by atoms with Crippen molar-refractivity contribution in [3.8, 4) is 5.75 Å². The predicted molar refractivity (Wildman–Crippen MR) is 88.5 cm³/mol. The van der Waals surface area contributed by atoms with E-state index in [1.165, 1.54) is 5.56 Å². The van der Waals surface area contributed by atoms with Crippen LogP contribution in [-0.2, 0) is 0 Å². The molecule has 1 heterocycles.